The highest BCUT2D eigenvalue weighted by Gasteiger charge is 2.22. The Balaban J connectivity index is 1.53. The lowest BCUT2D eigenvalue weighted by Gasteiger charge is -2.28. The summed E-state index contributed by atoms with van der Waals surface area (Å²) < 4.78 is 6.58. The Bertz CT molecular complexity index is 2060. The third kappa shape index (κ3) is 3.07. The molecule has 0 unspecified atom stereocenters. The highest BCUT2D eigenvalue weighted by Crippen LogP contribution is 2.47. The normalized spacial score (nSPS) is 11.7. The van der Waals surface area contributed by atoms with Crippen molar-refractivity contribution in [3.8, 4) is 0 Å². The summed E-state index contributed by atoms with van der Waals surface area (Å²) in [5.74, 6) is 0. The molecule has 2 heteroatoms. The SMILES string of the molecule is c1ccc2c(N(c3cccc4ccccc34)c3cccc4oc5c6ccccc6ccc5c34)cccc2c1. The van der Waals surface area contributed by atoms with Crippen molar-refractivity contribution in [1.29, 1.82) is 0 Å². The number of fused-ring (bicyclic) bond motifs is 7. The second-order valence-electron chi connectivity index (χ2n) is 9.75. The van der Waals surface area contributed by atoms with Gasteiger partial charge in [0.1, 0.15) is 11.2 Å². The van der Waals surface area contributed by atoms with Crippen LogP contribution < -0.4 is 4.90 Å². The molecule has 8 aromatic rings. The molecule has 0 aliphatic heterocycles. The molecular weight excluding hydrogens is 462 g/mol. The van der Waals surface area contributed by atoms with Gasteiger partial charge in [-0.2, -0.15) is 0 Å². The van der Waals surface area contributed by atoms with Crippen LogP contribution in [0.15, 0.2) is 144 Å². The maximum Gasteiger partial charge on any atom is 0.143 e. The molecule has 0 N–H and O–H groups in total. The van der Waals surface area contributed by atoms with Gasteiger partial charge in [0.25, 0.3) is 0 Å². The molecule has 0 aliphatic rings. The number of hydrogen-bond acceptors (Lipinski definition) is 2. The van der Waals surface area contributed by atoms with Gasteiger partial charge >= 0.3 is 0 Å². The summed E-state index contributed by atoms with van der Waals surface area (Å²) in [6.45, 7) is 0. The molecule has 8 rings (SSSR count). The summed E-state index contributed by atoms with van der Waals surface area (Å²) in [5.41, 5.74) is 5.20. The largest absolute Gasteiger partial charge is 0.455 e. The molecule has 0 saturated carbocycles. The van der Waals surface area contributed by atoms with E-state index in [2.05, 4.69) is 144 Å². The zero-order valence-electron chi connectivity index (χ0n) is 20.6. The second kappa shape index (κ2) is 8.22. The number of rotatable bonds is 3. The lowest BCUT2D eigenvalue weighted by atomic mass is 10.0. The third-order valence-corrected chi connectivity index (χ3v) is 7.62. The first-order valence-corrected chi connectivity index (χ1v) is 13.0. The number of furan rings is 1. The fourth-order valence-corrected chi connectivity index (χ4v) is 5.92. The van der Waals surface area contributed by atoms with E-state index in [9.17, 15) is 0 Å². The average molecular weight is 486 g/mol. The maximum atomic E-state index is 6.58. The summed E-state index contributed by atoms with van der Waals surface area (Å²) in [6, 6.07) is 49.6. The Labute approximate surface area is 220 Å². The molecule has 38 heavy (non-hydrogen) atoms. The molecule has 1 heterocycles. The maximum absolute atomic E-state index is 6.58. The molecule has 0 saturated heterocycles. The van der Waals surface area contributed by atoms with Gasteiger partial charge in [-0.1, -0.05) is 109 Å². The molecule has 2 nitrogen and oxygen atoms in total. The fraction of sp³-hybridized carbons (Fsp3) is 0. The second-order valence-corrected chi connectivity index (χ2v) is 9.75. The van der Waals surface area contributed by atoms with Crippen LogP contribution in [0.2, 0.25) is 0 Å². The lowest BCUT2D eigenvalue weighted by molar-refractivity contribution is 0.672. The minimum absolute atomic E-state index is 0.888. The van der Waals surface area contributed by atoms with E-state index in [1.807, 2.05) is 0 Å². The van der Waals surface area contributed by atoms with Gasteiger partial charge in [-0.25, -0.2) is 0 Å². The summed E-state index contributed by atoms with van der Waals surface area (Å²) in [7, 11) is 0. The first kappa shape index (κ1) is 21.0. The molecule has 0 radical (unpaired) electrons. The summed E-state index contributed by atoms with van der Waals surface area (Å²) in [5, 5.41) is 9.40. The van der Waals surface area contributed by atoms with Crippen LogP contribution in [0.4, 0.5) is 17.1 Å². The lowest BCUT2D eigenvalue weighted by Crippen LogP contribution is -2.11. The minimum atomic E-state index is 0.888. The Morgan fingerprint density at radius 2 is 0.868 bits per heavy atom. The molecule has 0 atom stereocenters. The van der Waals surface area contributed by atoms with Gasteiger partial charge in [-0.05, 0) is 46.5 Å². The average Bonchev–Trinajstić information content (AvgIpc) is 3.38. The molecular formula is C36H23NO. The van der Waals surface area contributed by atoms with E-state index in [4.69, 9.17) is 4.42 Å². The smallest absolute Gasteiger partial charge is 0.143 e. The molecule has 7 aromatic carbocycles. The van der Waals surface area contributed by atoms with Gasteiger partial charge in [0.2, 0.25) is 0 Å². The quantitative estimate of drug-likeness (QED) is 0.247. The van der Waals surface area contributed by atoms with Crippen molar-refractivity contribution in [3.05, 3.63) is 140 Å². The number of anilines is 3. The monoisotopic (exact) mass is 485 g/mol. The Kier molecular flexibility index (Phi) is 4.55. The Morgan fingerprint density at radius 3 is 1.53 bits per heavy atom. The van der Waals surface area contributed by atoms with Crippen molar-refractivity contribution in [2.75, 3.05) is 4.90 Å². The predicted octanol–water partition coefficient (Wildman–Crippen LogP) is 10.5. The van der Waals surface area contributed by atoms with Crippen molar-refractivity contribution in [2.45, 2.75) is 0 Å². The van der Waals surface area contributed by atoms with Crippen LogP contribution in [-0.2, 0) is 0 Å². The van der Waals surface area contributed by atoms with Gasteiger partial charge in [0.05, 0.1) is 22.4 Å². The van der Waals surface area contributed by atoms with Gasteiger partial charge in [0.15, 0.2) is 0 Å². The van der Waals surface area contributed by atoms with Crippen LogP contribution in [0.5, 0.6) is 0 Å². The molecule has 0 bridgehead atoms. The highest BCUT2D eigenvalue weighted by molar-refractivity contribution is 6.20. The van der Waals surface area contributed by atoms with E-state index in [0.29, 0.717) is 0 Å². The molecule has 0 fully saturated rings. The van der Waals surface area contributed by atoms with Gasteiger partial charge in [-0.3, -0.25) is 0 Å². The van der Waals surface area contributed by atoms with E-state index in [0.717, 1.165) is 44.4 Å². The predicted molar refractivity (Wildman–Crippen MR) is 161 cm³/mol. The van der Waals surface area contributed by atoms with Crippen LogP contribution in [0.1, 0.15) is 0 Å². The molecule has 1 aromatic heterocycles. The topological polar surface area (TPSA) is 16.4 Å². The highest BCUT2D eigenvalue weighted by atomic mass is 16.3. The van der Waals surface area contributed by atoms with Crippen molar-refractivity contribution >= 4 is 71.3 Å². The van der Waals surface area contributed by atoms with Crippen LogP contribution in [-0.4, -0.2) is 0 Å². The van der Waals surface area contributed by atoms with E-state index >= 15 is 0 Å². The minimum Gasteiger partial charge on any atom is -0.455 e. The van der Waals surface area contributed by atoms with E-state index in [1.54, 1.807) is 0 Å². The van der Waals surface area contributed by atoms with Gasteiger partial charge < -0.3 is 9.32 Å². The van der Waals surface area contributed by atoms with Crippen LogP contribution >= 0.6 is 0 Å². The van der Waals surface area contributed by atoms with Crippen molar-refractivity contribution in [3.63, 3.8) is 0 Å². The van der Waals surface area contributed by atoms with E-state index < -0.39 is 0 Å². The van der Waals surface area contributed by atoms with Crippen molar-refractivity contribution in [2.24, 2.45) is 0 Å². The summed E-state index contributed by atoms with van der Waals surface area (Å²) in [6.07, 6.45) is 0. The first-order valence-electron chi connectivity index (χ1n) is 13.0. The van der Waals surface area contributed by atoms with Crippen LogP contribution in [0, 0.1) is 0 Å². The standard InChI is InChI=1S/C36H23NO/c1-4-15-27-24(10-1)13-7-18-31(27)37(32-19-8-14-25-11-2-5-16-28(25)32)33-20-9-21-34-35(33)30-23-22-26-12-3-6-17-29(26)36(30)38-34/h1-23H. The van der Waals surface area contributed by atoms with E-state index in [-0.39, 0.29) is 0 Å². The van der Waals surface area contributed by atoms with Gasteiger partial charge in [0, 0.05) is 21.5 Å². The molecule has 0 aliphatic carbocycles. The van der Waals surface area contributed by atoms with E-state index in [1.165, 1.54) is 26.9 Å². The van der Waals surface area contributed by atoms with Crippen molar-refractivity contribution in [1.82, 2.24) is 0 Å². The number of nitrogens with zero attached hydrogens (tertiary/aromatic N) is 1. The summed E-state index contributed by atoms with van der Waals surface area (Å²) >= 11 is 0. The summed E-state index contributed by atoms with van der Waals surface area (Å²) in [4.78, 5) is 2.41. The van der Waals surface area contributed by atoms with Gasteiger partial charge in [-0.15, -0.1) is 0 Å². The zero-order valence-corrected chi connectivity index (χ0v) is 20.6. The van der Waals surface area contributed by atoms with Crippen LogP contribution in [0.25, 0.3) is 54.3 Å². The first-order chi connectivity index (χ1) is 18.9. The number of benzene rings is 7. The molecule has 178 valence electrons. The fourth-order valence-electron chi connectivity index (χ4n) is 5.92. The Hall–Kier alpha value is -5.08. The third-order valence-electron chi connectivity index (χ3n) is 7.62. The Morgan fingerprint density at radius 1 is 0.368 bits per heavy atom. The number of hydrogen-bond donors (Lipinski definition) is 0. The van der Waals surface area contributed by atoms with Crippen LogP contribution in [0.3, 0.4) is 0 Å². The zero-order chi connectivity index (χ0) is 25.1. The molecule has 0 amide bonds. The molecule has 0 spiro atoms. The van der Waals surface area contributed by atoms with Crippen molar-refractivity contribution < 1.29 is 4.42 Å².